The zero-order valence-corrected chi connectivity index (χ0v) is 24.5. The molecular weight excluding hydrogens is 500 g/mol. The van der Waals surface area contributed by atoms with Gasteiger partial charge < -0.3 is 28.9 Å². The lowest BCUT2D eigenvalue weighted by molar-refractivity contribution is -0.870. The van der Waals surface area contributed by atoms with Crippen LogP contribution in [0.2, 0.25) is 0 Å². The van der Waals surface area contributed by atoms with Crippen LogP contribution in [0, 0.1) is 5.92 Å². The van der Waals surface area contributed by atoms with Gasteiger partial charge in [-0.05, 0) is 30.5 Å². The Hall–Kier alpha value is -2.85. The molecule has 218 valence electrons. The van der Waals surface area contributed by atoms with E-state index in [0.29, 0.717) is 44.1 Å². The minimum Gasteiger partial charge on any atom is -0.481 e. The molecule has 0 radical (unpaired) electrons. The maximum Gasteiger partial charge on any atom is 0.308 e. The molecule has 0 bridgehead atoms. The summed E-state index contributed by atoms with van der Waals surface area (Å²) in [6.45, 7) is 7.14. The normalized spacial score (nSPS) is 20.7. The van der Waals surface area contributed by atoms with Gasteiger partial charge in [-0.3, -0.25) is 19.3 Å². The average molecular weight is 548 g/mol. The molecule has 0 aromatic heterocycles. The summed E-state index contributed by atoms with van der Waals surface area (Å²) in [4.78, 5) is 43.8. The van der Waals surface area contributed by atoms with Crippen LogP contribution in [0.5, 0.6) is 11.5 Å². The number of carbonyl (C=O) groups is 3. The van der Waals surface area contributed by atoms with E-state index in [-0.39, 0.29) is 37.1 Å². The van der Waals surface area contributed by atoms with Gasteiger partial charge in [0, 0.05) is 58.5 Å². The first-order valence-corrected chi connectivity index (χ1v) is 14.1. The molecule has 2 aliphatic heterocycles. The zero-order valence-electron chi connectivity index (χ0n) is 24.5. The summed E-state index contributed by atoms with van der Waals surface area (Å²) in [5.74, 6) is -0.713. The topological polar surface area (TPSA) is 99.6 Å². The fraction of sp³-hybridized carbons (Fsp3) is 0.690. The van der Waals surface area contributed by atoms with E-state index >= 15 is 0 Å². The molecular formula is C29H47N4O6+. The number of amides is 2. The molecule has 1 fully saturated rings. The van der Waals surface area contributed by atoms with E-state index < -0.39 is 11.9 Å². The monoisotopic (exact) mass is 547 g/mol. The van der Waals surface area contributed by atoms with Crippen LogP contribution < -0.4 is 9.47 Å². The van der Waals surface area contributed by atoms with Crippen molar-refractivity contribution in [3.63, 3.8) is 0 Å². The summed E-state index contributed by atoms with van der Waals surface area (Å²) in [5.41, 5.74) is 0.859. The third-order valence-electron chi connectivity index (χ3n) is 7.89. The molecule has 39 heavy (non-hydrogen) atoms. The summed E-state index contributed by atoms with van der Waals surface area (Å²) >= 11 is 0. The van der Waals surface area contributed by atoms with E-state index in [4.69, 9.17) is 9.47 Å². The van der Waals surface area contributed by atoms with Gasteiger partial charge in [0.2, 0.25) is 18.6 Å². The predicted molar refractivity (Wildman–Crippen MR) is 149 cm³/mol. The summed E-state index contributed by atoms with van der Waals surface area (Å²) in [5, 5.41) is 10.4. The molecule has 10 nitrogen and oxygen atoms in total. The van der Waals surface area contributed by atoms with E-state index in [1.54, 1.807) is 11.9 Å². The number of rotatable bonds is 14. The summed E-state index contributed by atoms with van der Waals surface area (Å²) < 4.78 is 11.8. The molecule has 1 aromatic carbocycles. The van der Waals surface area contributed by atoms with Crippen molar-refractivity contribution < 1.29 is 33.4 Å². The number of ether oxygens (including phenoxy) is 2. The average Bonchev–Trinajstić information content (AvgIpc) is 3.47. The summed E-state index contributed by atoms with van der Waals surface area (Å²) in [6.07, 6.45) is 3.30. The van der Waals surface area contributed by atoms with Crippen LogP contribution in [0.3, 0.4) is 0 Å². The lowest BCUT2D eigenvalue weighted by atomic mass is 9.84. The molecule has 1 aromatic rings. The first kappa shape index (κ1) is 30.7. The zero-order chi connectivity index (χ0) is 28.7. The third kappa shape index (κ3) is 8.32. The Bertz CT molecular complexity index is 1010. The smallest absolute Gasteiger partial charge is 0.308 e. The highest BCUT2D eigenvalue weighted by Crippen LogP contribution is 2.42. The number of unbranched alkanes of at least 4 members (excludes halogenated alkanes) is 1. The highest BCUT2D eigenvalue weighted by atomic mass is 16.7. The Balaban J connectivity index is 1.84. The van der Waals surface area contributed by atoms with Gasteiger partial charge >= 0.3 is 5.97 Å². The SMILES string of the molecule is CCCCN(CCC[N+](C)(C)C)C(=O)CN1C[C@H](c2ccc3c(c2)OCO3)C(C(=O)O)[C@@H]1CCN(C)C(C)=O. The van der Waals surface area contributed by atoms with Crippen molar-refractivity contribution in [2.75, 3.05) is 74.3 Å². The summed E-state index contributed by atoms with van der Waals surface area (Å²) in [7, 11) is 8.16. The van der Waals surface area contributed by atoms with Crippen molar-refractivity contribution in [1.82, 2.24) is 14.7 Å². The number of quaternary nitrogens is 1. The van der Waals surface area contributed by atoms with Crippen molar-refractivity contribution in [3.05, 3.63) is 23.8 Å². The number of carboxylic acids is 1. The molecule has 2 aliphatic rings. The minimum absolute atomic E-state index is 0.0326. The number of fused-ring (bicyclic) bond motifs is 1. The van der Waals surface area contributed by atoms with Crippen LogP contribution in [-0.2, 0) is 14.4 Å². The molecule has 3 atom stereocenters. The maximum atomic E-state index is 13.7. The first-order chi connectivity index (χ1) is 18.4. The van der Waals surface area contributed by atoms with Crippen LogP contribution >= 0.6 is 0 Å². The number of nitrogens with zero attached hydrogens (tertiary/aromatic N) is 4. The van der Waals surface area contributed by atoms with Crippen LogP contribution in [0.25, 0.3) is 0 Å². The molecule has 1 N–H and O–H groups in total. The predicted octanol–water partition coefficient (Wildman–Crippen LogP) is 2.48. The van der Waals surface area contributed by atoms with Gasteiger partial charge in [-0.25, -0.2) is 0 Å². The van der Waals surface area contributed by atoms with Crippen molar-refractivity contribution >= 4 is 17.8 Å². The number of hydrogen-bond donors (Lipinski definition) is 1. The molecule has 3 rings (SSSR count). The van der Waals surface area contributed by atoms with E-state index in [1.165, 1.54) is 6.92 Å². The lowest BCUT2D eigenvalue weighted by Gasteiger charge is -2.31. The molecule has 10 heteroatoms. The Morgan fingerprint density at radius 1 is 1.08 bits per heavy atom. The Kier molecular flexibility index (Phi) is 10.6. The molecule has 2 amide bonds. The lowest BCUT2D eigenvalue weighted by Crippen LogP contribution is -2.46. The van der Waals surface area contributed by atoms with Crippen molar-refractivity contribution in [1.29, 1.82) is 0 Å². The molecule has 2 heterocycles. The Labute approximate surface area is 233 Å². The Morgan fingerprint density at radius 2 is 1.77 bits per heavy atom. The van der Waals surface area contributed by atoms with Gasteiger partial charge in [-0.2, -0.15) is 0 Å². The van der Waals surface area contributed by atoms with Gasteiger partial charge in [-0.15, -0.1) is 0 Å². The van der Waals surface area contributed by atoms with Crippen molar-refractivity contribution in [2.24, 2.45) is 5.92 Å². The van der Waals surface area contributed by atoms with Crippen molar-refractivity contribution in [2.45, 2.75) is 51.5 Å². The van der Waals surface area contributed by atoms with Gasteiger partial charge in [-0.1, -0.05) is 19.4 Å². The van der Waals surface area contributed by atoms with Crippen LogP contribution in [0.4, 0.5) is 0 Å². The fourth-order valence-electron chi connectivity index (χ4n) is 5.54. The quantitative estimate of drug-likeness (QED) is 0.357. The number of hydrogen-bond acceptors (Lipinski definition) is 6. The second-order valence-corrected chi connectivity index (χ2v) is 11.9. The highest BCUT2D eigenvalue weighted by molar-refractivity contribution is 5.79. The van der Waals surface area contributed by atoms with E-state index in [9.17, 15) is 19.5 Å². The van der Waals surface area contributed by atoms with E-state index in [2.05, 4.69) is 28.1 Å². The van der Waals surface area contributed by atoms with Crippen LogP contribution in [-0.4, -0.2) is 122 Å². The number of aliphatic carboxylic acids is 1. The second-order valence-electron chi connectivity index (χ2n) is 11.9. The number of carboxylic acid groups (broad SMARTS) is 1. The number of carbonyl (C=O) groups excluding carboxylic acids is 2. The van der Waals surface area contributed by atoms with E-state index in [1.807, 2.05) is 28.0 Å². The Morgan fingerprint density at radius 3 is 2.41 bits per heavy atom. The standard InChI is InChI=1S/C29H46N4O6/c1-7-8-13-31(14-9-16-33(4,5)6)27(35)19-32-18-23(22-10-11-25-26(17-22)39-20-38-25)28(29(36)37)24(32)12-15-30(3)21(2)34/h10-11,17,23-24,28H,7-9,12-16,18-20H2,1-6H3/p+1/t23-,24+,28?/m1/s1. The number of likely N-dealkylation sites (tertiary alicyclic amines) is 1. The maximum absolute atomic E-state index is 13.7. The first-order valence-electron chi connectivity index (χ1n) is 14.1. The van der Waals surface area contributed by atoms with Crippen molar-refractivity contribution in [3.8, 4) is 11.5 Å². The van der Waals surface area contributed by atoms with Crippen LogP contribution in [0.1, 0.15) is 51.0 Å². The largest absolute Gasteiger partial charge is 0.481 e. The van der Waals surface area contributed by atoms with Gasteiger partial charge in [0.25, 0.3) is 0 Å². The molecule has 0 saturated carbocycles. The van der Waals surface area contributed by atoms with E-state index in [0.717, 1.165) is 35.9 Å². The highest BCUT2D eigenvalue weighted by Gasteiger charge is 2.47. The molecule has 1 unspecified atom stereocenters. The van der Waals surface area contributed by atoms with Gasteiger partial charge in [0.05, 0.1) is 40.2 Å². The van der Waals surface area contributed by atoms with Gasteiger partial charge in [0.15, 0.2) is 11.5 Å². The molecule has 0 spiro atoms. The number of benzene rings is 1. The third-order valence-corrected chi connectivity index (χ3v) is 7.89. The molecule has 0 aliphatic carbocycles. The fourth-order valence-corrected chi connectivity index (χ4v) is 5.54. The van der Waals surface area contributed by atoms with Gasteiger partial charge in [0.1, 0.15) is 0 Å². The minimum atomic E-state index is -0.895. The summed E-state index contributed by atoms with van der Waals surface area (Å²) in [6, 6.07) is 5.20. The second kappa shape index (κ2) is 13.5. The molecule has 1 saturated heterocycles. The van der Waals surface area contributed by atoms with Crippen LogP contribution in [0.15, 0.2) is 18.2 Å².